The second-order valence-corrected chi connectivity index (χ2v) is 5.51. The van der Waals surface area contributed by atoms with E-state index in [1.54, 1.807) is 0 Å². The van der Waals surface area contributed by atoms with E-state index in [9.17, 15) is 0 Å². The fraction of sp³-hybridized carbons (Fsp3) is 0.333. The third kappa shape index (κ3) is 3.59. The molecule has 0 amide bonds. The highest BCUT2D eigenvalue weighted by molar-refractivity contribution is 7.09. The van der Waals surface area contributed by atoms with E-state index in [1.165, 1.54) is 16.1 Å². The molecule has 1 heterocycles. The Hall–Kier alpha value is -1.32. The van der Waals surface area contributed by atoms with Gasteiger partial charge in [0.05, 0.1) is 6.54 Å². The maximum Gasteiger partial charge on any atom is 0.0522 e. The monoisotopic (exact) mass is 260 g/mol. The zero-order valence-electron chi connectivity index (χ0n) is 10.8. The number of hydrogen-bond donors (Lipinski definition) is 1. The molecule has 18 heavy (non-hydrogen) atoms. The van der Waals surface area contributed by atoms with E-state index in [1.807, 2.05) is 11.3 Å². The van der Waals surface area contributed by atoms with Crippen LogP contribution in [0, 0.1) is 6.92 Å². The first-order valence-electron chi connectivity index (χ1n) is 6.33. The average molecular weight is 260 g/mol. The highest BCUT2D eigenvalue weighted by Gasteiger charge is 2.07. The van der Waals surface area contributed by atoms with Crippen LogP contribution < -0.4 is 10.6 Å². The summed E-state index contributed by atoms with van der Waals surface area (Å²) < 4.78 is 0. The van der Waals surface area contributed by atoms with Crippen molar-refractivity contribution in [1.29, 1.82) is 0 Å². The number of anilines is 1. The summed E-state index contributed by atoms with van der Waals surface area (Å²) >= 11 is 1.81. The number of thiophene rings is 1. The molecule has 0 saturated carbocycles. The van der Waals surface area contributed by atoms with Crippen molar-refractivity contribution in [3.63, 3.8) is 0 Å². The molecule has 0 unspecified atom stereocenters. The van der Waals surface area contributed by atoms with Crippen molar-refractivity contribution in [2.45, 2.75) is 19.9 Å². The van der Waals surface area contributed by atoms with Crippen molar-refractivity contribution in [2.75, 3.05) is 18.0 Å². The van der Waals surface area contributed by atoms with Crippen LogP contribution >= 0.6 is 11.3 Å². The molecule has 0 fully saturated rings. The molecule has 0 bridgehead atoms. The van der Waals surface area contributed by atoms with Crippen LogP contribution in [-0.4, -0.2) is 13.1 Å². The Balaban J connectivity index is 2.13. The smallest absolute Gasteiger partial charge is 0.0522 e. The summed E-state index contributed by atoms with van der Waals surface area (Å²) in [5.41, 5.74) is 8.23. The van der Waals surface area contributed by atoms with E-state index in [4.69, 9.17) is 5.73 Å². The Kier molecular flexibility index (Phi) is 4.79. The lowest BCUT2D eigenvalue weighted by atomic mass is 10.2. The number of aryl methyl sites for hydroxylation is 1. The van der Waals surface area contributed by atoms with Gasteiger partial charge in [0.15, 0.2) is 0 Å². The number of rotatable bonds is 6. The van der Waals surface area contributed by atoms with Crippen LogP contribution in [0.2, 0.25) is 0 Å². The summed E-state index contributed by atoms with van der Waals surface area (Å²) in [5.74, 6) is 0. The summed E-state index contributed by atoms with van der Waals surface area (Å²) in [5, 5.41) is 2.13. The van der Waals surface area contributed by atoms with Gasteiger partial charge in [0, 0.05) is 17.1 Å². The molecule has 1 aromatic heterocycles. The zero-order valence-corrected chi connectivity index (χ0v) is 11.6. The first-order valence-corrected chi connectivity index (χ1v) is 7.21. The van der Waals surface area contributed by atoms with Gasteiger partial charge < -0.3 is 10.6 Å². The van der Waals surface area contributed by atoms with Crippen molar-refractivity contribution < 1.29 is 0 Å². The lowest BCUT2D eigenvalue weighted by molar-refractivity contribution is 0.740. The van der Waals surface area contributed by atoms with Gasteiger partial charge in [-0.3, -0.25) is 0 Å². The predicted molar refractivity (Wildman–Crippen MR) is 80.2 cm³/mol. The number of hydrogen-bond acceptors (Lipinski definition) is 3. The third-order valence-corrected chi connectivity index (χ3v) is 3.79. The Labute approximate surface area is 113 Å². The number of benzene rings is 1. The van der Waals surface area contributed by atoms with Gasteiger partial charge >= 0.3 is 0 Å². The molecule has 0 atom stereocenters. The largest absolute Gasteiger partial charge is 0.366 e. The fourth-order valence-corrected chi connectivity index (χ4v) is 2.72. The maximum atomic E-state index is 5.63. The molecule has 0 spiro atoms. The van der Waals surface area contributed by atoms with Crippen molar-refractivity contribution in [3.05, 3.63) is 52.2 Å². The van der Waals surface area contributed by atoms with E-state index in [2.05, 4.69) is 53.6 Å². The van der Waals surface area contributed by atoms with Gasteiger partial charge in [0.1, 0.15) is 0 Å². The predicted octanol–water partition coefficient (Wildman–Crippen LogP) is 3.41. The van der Waals surface area contributed by atoms with Gasteiger partial charge in [-0.1, -0.05) is 18.2 Å². The van der Waals surface area contributed by atoms with Crippen LogP contribution in [0.3, 0.4) is 0 Å². The summed E-state index contributed by atoms with van der Waals surface area (Å²) in [7, 11) is 0. The molecular weight excluding hydrogens is 240 g/mol. The maximum absolute atomic E-state index is 5.63. The van der Waals surface area contributed by atoms with Gasteiger partial charge in [-0.25, -0.2) is 0 Å². The van der Waals surface area contributed by atoms with Gasteiger partial charge in [0.25, 0.3) is 0 Å². The Bertz CT molecular complexity index is 465. The first kappa shape index (κ1) is 13.1. The Morgan fingerprint density at radius 3 is 2.78 bits per heavy atom. The summed E-state index contributed by atoms with van der Waals surface area (Å²) in [6, 6.07) is 13.0. The lowest BCUT2D eigenvalue weighted by Gasteiger charge is -2.24. The minimum Gasteiger partial charge on any atom is -0.366 e. The normalized spacial score (nSPS) is 10.6. The highest BCUT2D eigenvalue weighted by Crippen LogP contribution is 2.20. The topological polar surface area (TPSA) is 29.3 Å². The Morgan fingerprint density at radius 2 is 2.11 bits per heavy atom. The quantitative estimate of drug-likeness (QED) is 0.862. The molecule has 0 aliphatic rings. The molecule has 0 saturated heterocycles. The van der Waals surface area contributed by atoms with E-state index < -0.39 is 0 Å². The van der Waals surface area contributed by atoms with Crippen molar-refractivity contribution in [1.82, 2.24) is 0 Å². The molecule has 2 nitrogen and oxygen atoms in total. The minimum absolute atomic E-state index is 0.743. The standard InChI is InChI=1S/C15H20N2S/c1-13-5-2-6-14(11-13)17(9-4-8-16)12-15-7-3-10-18-15/h2-3,5-7,10-11H,4,8-9,12,16H2,1H3. The molecule has 96 valence electrons. The second-order valence-electron chi connectivity index (χ2n) is 4.48. The van der Waals surface area contributed by atoms with Gasteiger partial charge in [-0.05, 0) is 49.0 Å². The van der Waals surface area contributed by atoms with Crippen LogP contribution in [0.4, 0.5) is 5.69 Å². The highest BCUT2D eigenvalue weighted by atomic mass is 32.1. The van der Waals surface area contributed by atoms with Crippen molar-refractivity contribution in [3.8, 4) is 0 Å². The summed E-state index contributed by atoms with van der Waals surface area (Å²) in [4.78, 5) is 3.81. The molecule has 1 aromatic carbocycles. The van der Waals surface area contributed by atoms with Gasteiger partial charge in [-0.15, -0.1) is 11.3 Å². The van der Waals surface area contributed by atoms with E-state index in [0.717, 1.165) is 26.1 Å². The molecule has 2 N–H and O–H groups in total. The molecule has 0 aliphatic heterocycles. The van der Waals surface area contributed by atoms with Crippen molar-refractivity contribution >= 4 is 17.0 Å². The molecule has 0 radical (unpaired) electrons. The van der Waals surface area contributed by atoms with Crippen LogP contribution in [0.25, 0.3) is 0 Å². The zero-order chi connectivity index (χ0) is 12.8. The molecule has 0 aliphatic carbocycles. The summed E-state index contributed by atoms with van der Waals surface area (Å²) in [6.07, 6.45) is 1.03. The van der Waals surface area contributed by atoms with Gasteiger partial charge in [0.2, 0.25) is 0 Å². The summed E-state index contributed by atoms with van der Waals surface area (Å²) in [6.45, 7) is 4.86. The van der Waals surface area contributed by atoms with Crippen LogP contribution in [-0.2, 0) is 6.54 Å². The molecule has 2 rings (SSSR count). The molecular formula is C15H20N2S. The third-order valence-electron chi connectivity index (χ3n) is 2.93. The second kappa shape index (κ2) is 6.57. The number of nitrogens with zero attached hydrogens (tertiary/aromatic N) is 1. The number of nitrogens with two attached hydrogens (primary N) is 1. The minimum atomic E-state index is 0.743. The molecule has 3 heteroatoms. The van der Waals surface area contributed by atoms with E-state index in [0.29, 0.717) is 0 Å². The first-order chi connectivity index (χ1) is 8.79. The average Bonchev–Trinajstić information content (AvgIpc) is 2.87. The van der Waals surface area contributed by atoms with Gasteiger partial charge in [-0.2, -0.15) is 0 Å². The van der Waals surface area contributed by atoms with E-state index in [-0.39, 0.29) is 0 Å². The molecule has 2 aromatic rings. The fourth-order valence-electron chi connectivity index (χ4n) is 2.00. The van der Waals surface area contributed by atoms with Crippen LogP contribution in [0.1, 0.15) is 16.9 Å². The SMILES string of the molecule is Cc1cccc(N(CCCN)Cc2cccs2)c1. The van der Waals surface area contributed by atoms with Crippen LogP contribution in [0.15, 0.2) is 41.8 Å². The van der Waals surface area contributed by atoms with E-state index >= 15 is 0 Å². The van der Waals surface area contributed by atoms with Crippen molar-refractivity contribution in [2.24, 2.45) is 5.73 Å². The van der Waals surface area contributed by atoms with Crippen LogP contribution in [0.5, 0.6) is 0 Å². The lowest BCUT2D eigenvalue weighted by Crippen LogP contribution is -2.25. The Morgan fingerprint density at radius 1 is 1.22 bits per heavy atom.